The van der Waals surface area contributed by atoms with Crippen LogP contribution in [0.25, 0.3) is 0 Å². The van der Waals surface area contributed by atoms with Crippen LogP contribution >= 0.6 is 34.0 Å². The topological polar surface area (TPSA) is 340 Å². The summed E-state index contributed by atoms with van der Waals surface area (Å²) in [7, 11) is 6.23. The number of ether oxygens (including phenoxy) is 6. The fourth-order valence-corrected chi connectivity index (χ4v) is 11.4. The number of benzene rings is 2. The highest BCUT2D eigenvalue weighted by Gasteiger charge is 2.30. The van der Waals surface area contributed by atoms with Gasteiger partial charge in [-0.1, -0.05) is 34.0 Å². The Balaban J connectivity index is 0.000000161. The Morgan fingerprint density at radius 3 is 1.14 bits per heavy atom. The van der Waals surface area contributed by atoms with Gasteiger partial charge in [-0.25, -0.2) is 0 Å². The van der Waals surface area contributed by atoms with Crippen LogP contribution in [0.4, 0.5) is 48.2 Å². The molecule has 8 aromatic rings. The molecule has 3 aliphatic rings. The molecular formula is C54H67N21O8S3. The van der Waals surface area contributed by atoms with Crippen molar-refractivity contribution in [1.29, 1.82) is 0 Å². The van der Waals surface area contributed by atoms with Gasteiger partial charge in [0.2, 0.25) is 30.8 Å². The highest BCUT2D eigenvalue weighted by Crippen LogP contribution is 2.33. The number of aromatic nitrogens is 12. The maximum absolute atomic E-state index is 13.0. The zero-order chi connectivity index (χ0) is 60.2. The first kappa shape index (κ1) is 61.6. The smallest absolute Gasteiger partial charge is 0.259 e. The number of carbonyl (C=O) groups is 2. The molecule has 2 amide bonds. The van der Waals surface area contributed by atoms with E-state index in [2.05, 4.69) is 102 Å². The van der Waals surface area contributed by atoms with Crippen LogP contribution in [-0.2, 0) is 19.1 Å². The molecule has 0 unspecified atom stereocenters. The Hall–Kier alpha value is -8.98. The van der Waals surface area contributed by atoms with E-state index in [0.29, 0.717) is 79.0 Å². The van der Waals surface area contributed by atoms with Crippen LogP contribution in [-0.4, -0.2) is 172 Å². The number of methoxy groups -OCH3 is 4. The molecule has 32 heteroatoms. The van der Waals surface area contributed by atoms with E-state index in [1.165, 1.54) is 34.0 Å². The average Bonchev–Trinajstić information content (AvgIpc) is 3.73. The summed E-state index contributed by atoms with van der Waals surface area (Å²) < 4.78 is 32.7. The molecule has 3 fully saturated rings. The molecule has 3 saturated heterocycles. The number of nitrogen functional groups attached to an aromatic ring is 1. The molecular weight excluding hydrogens is 1170 g/mol. The molecule has 5 atom stereocenters. The third-order valence-electron chi connectivity index (χ3n) is 13.4. The standard InChI is InChI=1S/2C22H27N7O4S.C10H13N7S/c2*1-4-33-19(14-10-16(31-2)12-17(11-14)32-3)20(30)25-22-28-27-21(34-22)24-15-7-9-29(13-15)18-6-5-8-23-26-18;11-9-15-16-10(18-9)13-7-3-5-17(6-7)8-2-1-4-12-14-8/h2*5-6,8,10-12,15,19H,4,7,9,13H2,1-3H3,(H,24,27)(H,25,28,30);1-2,4,7H,3,5-6H2,(H2,11,15)(H,13,16)/t15-,19+;15-,19-;7-/m111/s1. The van der Waals surface area contributed by atoms with Gasteiger partial charge in [0.25, 0.3) is 11.8 Å². The Morgan fingerprint density at radius 1 is 0.500 bits per heavy atom. The normalized spacial score (nSPS) is 16.8. The van der Waals surface area contributed by atoms with Crippen molar-refractivity contribution in [2.45, 2.75) is 63.4 Å². The average molecular weight is 1230 g/mol. The molecule has 0 radical (unpaired) electrons. The summed E-state index contributed by atoms with van der Waals surface area (Å²) in [6.07, 6.45) is 6.19. The Bertz CT molecular complexity index is 3180. The first-order valence-electron chi connectivity index (χ1n) is 27.4. The minimum absolute atomic E-state index is 0.193. The van der Waals surface area contributed by atoms with Crippen LogP contribution in [0.15, 0.2) is 91.4 Å². The second-order valence-electron chi connectivity index (χ2n) is 19.2. The predicted molar refractivity (Wildman–Crippen MR) is 328 cm³/mol. The summed E-state index contributed by atoms with van der Waals surface area (Å²) in [5.41, 5.74) is 6.79. The van der Waals surface area contributed by atoms with Gasteiger partial charge in [0.05, 0.1) is 28.4 Å². The SMILES string of the molecule is CCO[C@@H](C(=O)Nc1nnc(N[C@@H]2CCN(c3cccnn3)C2)s1)c1cc(OC)cc(OC)c1.CCO[C@H](C(=O)Nc1nnc(N[C@@H]2CCN(c3cccnn3)C2)s1)c1cc(OC)cc(OC)c1.Nc1nnc(N[C@@H]2CCN(c3cccnn3)C2)s1. The van der Waals surface area contributed by atoms with E-state index >= 15 is 0 Å². The molecule has 86 heavy (non-hydrogen) atoms. The summed E-state index contributed by atoms with van der Waals surface area (Å²) >= 11 is 3.92. The highest BCUT2D eigenvalue weighted by atomic mass is 32.1. The molecule has 0 bridgehead atoms. The van der Waals surface area contributed by atoms with E-state index in [1.807, 2.05) is 50.2 Å². The third kappa shape index (κ3) is 17.1. The lowest BCUT2D eigenvalue weighted by atomic mass is 10.1. The zero-order valence-electron chi connectivity index (χ0n) is 48.1. The lowest BCUT2D eigenvalue weighted by molar-refractivity contribution is -0.128. The van der Waals surface area contributed by atoms with Gasteiger partial charge in [0, 0.05) is 101 Å². The number of amides is 2. The number of rotatable bonds is 23. The van der Waals surface area contributed by atoms with Crippen LogP contribution in [0, 0.1) is 0 Å². The lowest BCUT2D eigenvalue weighted by Gasteiger charge is -2.18. The predicted octanol–water partition coefficient (Wildman–Crippen LogP) is 6.11. The number of anilines is 9. The zero-order valence-corrected chi connectivity index (χ0v) is 50.6. The van der Waals surface area contributed by atoms with E-state index in [9.17, 15) is 9.59 Å². The summed E-state index contributed by atoms with van der Waals surface area (Å²) in [6.45, 7) is 9.52. The minimum atomic E-state index is -0.857. The number of nitrogens with two attached hydrogens (primary N) is 1. The maximum atomic E-state index is 13.0. The van der Waals surface area contributed by atoms with Crippen LogP contribution in [0.1, 0.15) is 56.4 Å². The van der Waals surface area contributed by atoms with Gasteiger partial charge in [0.1, 0.15) is 23.0 Å². The van der Waals surface area contributed by atoms with Crippen LogP contribution in [0.2, 0.25) is 0 Å². The largest absolute Gasteiger partial charge is 0.497 e. The molecule has 6 aromatic heterocycles. The van der Waals surface area contributed by atoms with E-state index in [4.69, 9.17) is 34.2 Å². The second kappa shape index (κ2) is 30.7. The molecule has 9 heterocycles. The number of hydrogen-bond acceptors (Lipinski definition) is 30. The monoisotopic (exact) mass is 1230 g/mol. The number of nitrogens with one attached hydrogen (secondary N) is 5. The third-order valence-corrected chi connectivity index (χ3v) is 15.7. The summed E-state index contributed by atoms with van der Waals surface area (Å²) in [5, 5.41) is 67.6. The number of carbonyl (C=O) groups excluding carboxylic acids is 2. The van der Waals surface area contributed by atoms with Crippen molar-refractivity contribution in [3.8, 4) is 23.0 Å². The van der Waals surface area contributed by atoms with Crippen molar-refractivity contribution >= 4 is 94.1 Å². The van der Waals surface area contributed by atoms with E-state index in [0.717, 1.165) is 81.1 Å². The molecule has 0 aliphatic carbocycles. The van der Waals surface area contributed by atoms with Crippen LogP contribution < -0.4 is 66.0 Å². The van der Waals surface area contributed by atoms with Crippen molar-refractivity contribution < 1.29 is 38.0 Å². The Kier molecular flexibility index (Phi) is 22.0. The molecule has 0 spiro atoms. The van der Waals surface area contributed by atoms with E-state index in [1.54, 1.807) is 83.4 Å². The maximum Gasteiger partial charge on any atom is 0.259 e. The van der Waals surface area contributed by atoms with Crippen LogP contribution in [0.3, 0.4) is 0 Å². The van der Waals surface area contributed by atoms with Gasteiger partial charge in [0.15, 0.2) is 29.7 Å². The van der Waals surface area contributed by atoms with Crippen molar-refractivity contribution in [2.24, 2.45) is 0 Å². The van der Waals surface area contributed by atoms with E-state index in [-0.39, 0.29) is 23.9 Å². The fraction of sp³-hybridized carbons (Fsp3) is 0.407. The first-order valence-corrected chi connectivity index (χ1v) is 29.9. The van der Waals surface area contributed by atoms with Gasteiger partial charge in [-0.05, 0) is 105 Å². The van der Waals surface area contributed by atoms with Gasteiger partial charge >= 0.3 is 0 Å². The number of hydrogen-bond donors (Lipinski definition) is 6. The summed E-state index contributed by atoms with van der Waals surface area (Å²) in [6, 6.07) is 22.7. The van der Waals surface area contributed by atoms with Crippen molar-refractivity contribution in [3.63, 3.8) is 0 Å². The molecule has 29 nitrogen and oxygen atoms in total. The molecule has 3 aliphatic heterocycles. The summed E-state index contributed by atoms with van der Waals surface area (Å²) in [4.78, 5) is 32.6. The van der Waals surface area contributed by atoms with Crippen molar-refractivity contribution in [2.75, 3.05) is 128 Å². The van der Waals surface area contributed by atoms with Gasteiger partial charge in [-0.15, -0.1) is 45.9 Å². The molecule has 11 rings (SSSR count). The second-order valence-corrected chi connectivity index (χ2v) is 22.1. The molecule has 7 N–H and O–H groups in total. The quantitative estimate of drug-likeness (QED) is 0.0421. The first-order chi connectivity index (χ1) is 42.0. The minimum Gasteiger partial charge on any atom is -0.497 e. The van der Waals surface area contributed by atoms with Gasteiger partial charge in [-0.3, -0.25) is 20.2 Å². The number of nitrogens with zero attached hydrogens (tertiary/aromatic N) is 15. The van der Waals surface area contributed by atoms with Gasteiger partial charge in [-0.2, -0.15) is 15.3 Å². The van der Waals surface area contributed by atoms with Crippen molar-refractivity contribution in [3.05, 3.63) is 103 Å². The van der Waals surface area contributed by atoms with Crippen LogP contribution in [0.5, 0.6) is 23.0 Å². The lowest BCUT2D eigenvalue weighted by Crippen LogP contribution is -2.26. The van der Waals surface area contributed by atoms with Crippen molar-refractivity contribution in [1.82, 2.24) is 61.2 Å². The summed E-state index contributed by atoms with van der Waals surface area (Å²) in [5.74, 6) is 4.20. The molecule has 454 valence electrons. The van der Waals surface area contributed by atoms with Gasteiger partial charge < -0.3 is 64.8 Å². The highest BCUT2D eigenvalue weighted by molar-refractivity contribution is 7.19. The molecule has 0 saturated carbocycles. The fourth-order valence-electron chi connectivity index (χ4n) is 9.41. The molecule has 2 aromatic carbocycles. The van der Waals surface area contributed by atoms with E-state index < -0.39 is 12.2 Å². The Labute approximate surface area is 507 Å². The Morgan fingerprint density at radius 2 is 0.837 bits per heavy atom.